The van der Waals surface area contributed by atoms with Crippen molar-refractivity contribution in [2.24, 2.45) is 0 Å². The number of alkyl halides is 3. The third-order valence-corrected chi connectivity index (χ3v) is 6.96. The first-order chi connectivity index (χ1) is 18.7. The molecule has 14 heteroatoms. The van der Waals surface area contributed by atoms with Gasteiger partial charge in [0.05, 0.1) is 24.0 Å². The standard InChI is InChI=1S/C26H18ClF5N4O4/c1-11(37)33-14-8-16-21(22(35-23(16)38)15-6-12(28)2-4-18(15)27)19(9-14)34-24(39)36-10-25(40,26(30,31)32)17-7-13(29)3-5-20(17)36/h2-9,22,40H,10H2,1H3,(H,33,37)(H,34,39)(H,35,38)/t22-,25-/m0/s1. The van der Waals surface area contributed by atoms with Gasteiger partial charge in [0.25, 0.3) is 5.91 Å². The first-order valence-electron chi connectivity index (χ1n) is 11.6. The number of β-amino-alcohol motifs (C(OH)–C–C–N with tert-alkyl or cyclic N) is 1. The maximum absolute atomic E-state index is 14.1. The summed E-state index contributed by atoms with van der Waals surface area (Å²) in [4.78, 5) is 38.6. The predicted octanol–water partition coefficient (Wildman–Crippen LogP) is 5.21. The lowest BCUT2D eigenvalue weighted by Gasteiger charge is -2.27. The van der Waals surface area contributed by atoms with E-state index in [1.54, 1.807) is 0 Å². The van der Waals surface area contributed by atoms with Gasteiger partial charge in [0.15, 0.2) is 0 Å². The summed E-state index contributed by atoms with van der Waals surface area (Å²) < 4.78 is 69.6. The summed E-state index contributed by atoms with van der Waals surface area (Å²) in [6, 6.07) is 6.01. The van der Waals surface area contributed by atoms with Crippen LogP contribution in [0, 0.1) is 11.6 Å². The Morgan fingerprint density at radius 2 is 1.75 bits per heavy atom. The van der Waals surface area contributed by atoms with Crippen molar-refractivity contribution in [3.8, 4) is 0 Å². The van der Waals surface area contributed by atoms with E-state index in [1.807, 2.05) is 0 Å². The Balaban J connectivity index is 1.61. The van der Waals surface area contributed by atoms with Gasteiger partial charge < -0.3 is 21.1 Å². The molecule has 40 heavy (non-hydrogen) atoms. The zero-order chi connectivity index (χ0) is 29.1. The van der Waals surface area contributed by atoms with Crippen molar-refractivity contribution in [1.82, 2.24) is 5.32 Å². The molecule has 2 aliphatic rings. The molecule has 2 aliphatic heterocycles. The third kappa shape index (κ3) is 4.50. The lowest BCUT2D eigenvalue weighted by atomic mass is 9.95. The molecule has 0 spiro atoms. The monoisotopic (exact) mass is 580 g/mol. The van der Waals surface area contributed by atoms with Crippen LogP contribution in [0.3, 0.4) is 0 Å². The molecule has 0 radical (unpaired) electrons. The number of urea groups is 1. The molecule has 2 atom stereocenters. The number of rotatable bonds is 3. The van der Waals surface area contributed by atoms with Gasteiger partial charge in [-0.25, -0.2) is 13.6 Å². The summed E-state index contributed by atoms with van der Waals surface area (Å²) >= 11 is 6.26. The van der Waals surface area contributed by atoms with E-state index in [1.165, 1.54) is 25.1 Å². The van der Waals surface area contributed by atoms with E-state index in [4.69, 9.17) is 11.6 Å². The number of amides is 4. The highest BCUT2D eigenvalue weighted by Gasteiger charge is 2.61. The largest absolute Gasteiger partial charge is 0.423 e. The van der Waals surface area contributed by atoms with Crippen molar-refractivity contribution in [1.29, 1.82) is 0 Å². The molecule has 0 aliphatic carbocycles. The first-order valence-corrected chi connectivity index (χ1v) is 12.0. The molecule has 208 valence electrons. The van der Waals surface area contributed by atoms with Crippen LogP contribution in [0.5, 0.6) is 0 Å². The number of hydrogen-bond donors (Lipinski definition) is 4. The fourth-order valence-corrected chi connectivity index (χ4v) is 5.09. The van der Waals surface area contributed by atoms with Crippen LogP contribution in [-0.4, -0.2) is 35.7 Å². The van der Waals surface area contributed by atoms with Crippen LogP contribution in [0.25, 0.3) is 0 Å². The van der Waals surface area contributed by atoms with Gasteiger partial charge in [-0.1, -0.05) is 11.6 Å². The van der Waals surface area contributed by atoms with E-state index < -0.39 is 65.1 Å². The quantitative estimate of drug-likeness (QED) is 0.319. The van der Waals surface area contributed by atoms with E-state index in [-0.39, 0.29) is 33.1 Å². The second kappa shape index (κ2) is 9.45. The molecule has 0 unspecified atom stereocenters. The minimum atomic E-state index is -5.26. The number of carbonyl (C=O) groups is 3. The molecule has 0 saturated heterocycles. The van der Waals surface area contributed by atoms with Crippen molar-refractivity contribution in [3.05, 3.63) is 87.4 Å². The van der Waals surface area contributed by atoms with Gasteiger partial charge in [0, 0.05) is 39.9 Å². The SMILES string of the molecule is CC(=O)Nc1cc(NC(=O)N2C[C@@](O)(C(F)(F)F)c3cc(F)ccc32)c2c(c1)C(=O)N[C@H]2c1cc(F)ccc1Cl. The smallest absolute Gasteiger partial charge is 0.375 e. The highest BCUT2D eigenvalue weighted by Crippen LogP contribution is 2.49. The molecular formula is C26H18ClF5N4O4. The van der Waals surface area contributed by atoms with Crippen LogP contribution in [0.1, 0.15) is 40.0 Å². The number of nitrogens with one attached hydrogen (secondary N) is 3. The van der Waals surface area contributed by atoms with Gasteiger partial charge >= 0.3 is 12.2 Å². The van der Waals surface area contributed by atoms with Gasteiger partial charge in [-0.05, 0) is 48.5 Å². The van der Waals surface area contributed by atoms with Crippen molar-refractivity contribution < 1.29 is 41.4 Å². The minimum Gasteiger partial charge on any atom is -0.375 e. The highest BCUT2D eigenvalue weighted by molar-refractivity contribution is 6.31. The van der Waals surface area contributed by atoms with Crippen LogP contribution in [0.15, 0.2) is 48.5 Å². The van der Waals surface area contributed by atoms with E-state index in [0.717, 1.165) is 24.3 Å². The summed E-state index contributed by atoms with van der Waals surface area (Å²) in [7, 11) is 0. The van der Waals surface area contributed by atoms with Crippen LogP contribution in [-0.2, 0) is 10.4 Å². The Hall–Kier alpha value is -4.23. The molecule has 3 aromatic carbocycles. The number of carbonyl (C=O) groups excluding carboxylic acids is 3. The van der Waals surface area contributed by atoms with Crippen molar-refractivity contribution in [2.45, 2.75) is 24.7 Å². The fourth-order valence-electron chi connectivity index (χ4n) is 4.86. The second-order valence-corrected chi connectivity index (χ2v) is 9.68. The maximum Gasteiger partial charge on any atom is 0.423 e. The molecule has 5 rings (SSSR count). The van der Waals surface area contributed by atoms with E-state index in [2.05, 4.69) is 16.0 Å². The van der Waals surface area contributed by atoms with Gasteiger partial charge in [0.1, 0.15) is 11.6 Å². The Morgan fingerprint density at radius 1 is 1.07 bits per heavy atom. The molecule has 0 saturated carbocycles. The summed E-state index contributed by atoms with van der Waals surface area (Å²) in [6.07, 6.45) is -5.26. The zero-order valence-electron chi connectivity index (χ0n) is 20.3. The van der Waals surface area contributed by atoms with Crippen LogP contribution >= 0.6 is 11.6 Å². The Morgan fingerprint density at radius 3 is 2.42 bits per heavy atom. The Kier molecular flexibility index (Phi) is 6.46. The van der Waals surface area contributed by atoms with Crippen LogP contribution in [0.2, 0.25) is 5.02 Å². The fraction of sp³-hybridized carbons (Fsp3) is 0.192. The van der Waals surface area contributed by atoms with Crippen LogP contribution < -0.4 is 20.9 Å². The van der Waals surface area contributed by atoms with E-state index in [0.29, 0.717) is 11.0 Å². The topological polar surface area (TPSA) is 111 Å². The predicted molar refractivity (Wildman–Crippen MR) is 134 cm³/mol. The van der Waals surface area contributed by atoms with Gasteiger partial charge in [0.2, 0.25) is 11.5 Å². The first kappa shape index (κ1) is 27.3. The second-order valence-electron chi connectivity index (χ2n) is 9.27. The molecule has 8 nitrogen and oxygen atoms in total. The normalized spacial score (nSPS) is 19.6. The summed E-state index contributed by atoms with van der Waals surface area (Å²) in [5.41, 5.74) is -4.66. The van der Waals surface area contributed by atoms with E-state index in [9.17, 15) is 41.4 Å². The molecular weight excluding hydrogens is 563 g/mol. The molecule has 3 aromatic rings. The minimum absolute atomic E-state index is 0.0254. The summed E-state index contributed by atoms with van der Waals surface area (Å²) in [5.74, 6) is -2.90. The molecule has 0 bridgehead atoms. The third-order valence-electron chi connectivity index (χ3n) is 6.62. The van der Waals surface area contributed by atoms with Gasteiger partial charge in [-0.2, -0.15) is 13.2 Å². The average Bonchev–Trinajstić information content (AvgIpc) is 3.35. The zero-order valence-corrected chi connectivity index (χ0v) is 21.0. The summed E-state index contributed by atoms with van der Waals surface area (Å²) in [6.45, 7) is -0.0931. The van der Waals surface area contributed by atoms with Crippen molar-refractivity contribution in [2.75, 3.05) is 22.1 Å². The summed E-state index contributed by atoms with van der Waals surface area (Å²) in [5, 5.41) is 18.1. The lowest BCUT2D eigenvalue weighted by Crippen LogP contribution is -2.48. The van der Waals surface area contributed by atoms with E-state index >= 15 is 0 Å². The van der Waals surface area contributed by atoms with Gasteiger partial charge in [-0.15, -0.1) is 0 Å². The number of aliphatic hydroxyl groups is 1. The average molecular weight is 581 g/mol. The highest BCUT2D eigenvalue weighted by atomic mass is 35.5. The lowest BCUT2D eigenvalue weighted by molar-refractivity contribution is -0.258. The molecule has 4 amide bonds. The van der Waals surface area contributed by atoms with Crippen LogP contribution in [0.4, 0.5) is 43.8 Å². The maximum atomic E-state index is 14.1. The number of hydrogen-bond acceptors (Lipinski definition) is 4. The van der Waals surface area contributed by atoms with Crippen molar-refractivity contribution >= 4 is 46.5 Å². The van der Waals surface area contributed by atoms with Crippen molar-refractivity contribution in [3.63, 3.8) is 0 Å². The Labute approximate surface area is 227 Å². The number of fused-ring (bicyclic) bond motifs is 2. The molecule has 4 N–H and O–H groups in total. The number of halogens is 6. The Bertz CT molecular complexity index is 1600. The molecule has 0 aromatic heterocycles. The number of nitrogens with zero attached hydrogens (tertiary/aromatic N) is 1. The molecule has 0 fully saturated rings. The number of anilines is 3. The molecule has 2 heterocycles. The number of benzene rings is 3. The van der Waals surface area contributed by atoms with Gasteiger partial charge in [-0.3, -0.25) is 14.5 Å².